The molecule has 0 spiro atoms. The van der Waals surface area contributed by atoms with E-state index < -0.39 is 6.10 Å². The van der Waals surface area contributed by atoms with E-state index in [1.165, 1.54) is 0 Å². The number of methoxy groups -OCH3 is 1. The number of nitrogens with one attached hydrogen (secondary N) is 1. The van der Waals surface area contributed by atoms with Crippen molar-refractivity contribution in [3.05, 3.63) is 56.5 Å². The van der Waals surface area contributed by atoms with Crippen LogP contribution in [-0.2, 0) is 6.54 Å². The molecule has 2 rings (SSSR count). The van der Waals surface area contributed by atoms with Crippen molar-refractivity contribution in [1.82, 2.24) is 0 Å². The molecule has 1 atom stereocenters. The van der Waals surface area contributed by atoms with Crippen LogP contribution >= 0.6 is 31.9 Å². The molecular weight excluding hydrogens is 398 g/mol. The summed E-state index contributed by atoms with van der Waals surface area (Å²) >= 11 is 7.00. The number of aliphatic hydroxyl groups is 1. The van der Waals surface area contributed by atoms with Crippen molar-refractivity contribution < 1.29 is 9.84 Å². The smallest absolute Gasteiger partial charge is 0.147 e. The van der Waals surface area contributed by atoms with E-state index in [1.54, 1.807) is 14.0 Å². The summed E-state index contributed by atoms with van der Waals surface area (Å²) in [5.41, 5.74) is 2.94. The topological polar surface area (TPSA) is 41.5 Å². The molecule has 0 heterocycles. The Morgan fingerprint density at radius 2 is 1.81 bits per heavy atom. The van der Waals surface area contributed by atoms with Gasteiger partial charge in [0.1, 0.15) is 5.75 Å². The maximum absolute atomic E-state index is 9.79. The van der Waals surface area contributed by atoms with Crippen LogP contribution in [0.1, 0.15) is 24.2 Å². The maximum Gasteiger partial charge on any atom is 0.147 e. The molecule has 0 aliphatic carbocycles. The summed E-state index contributed by atoms with van der Waals surface area (Å²) < 4.78 is 7.10. The molecule has 0 aliphatic heterocycles. The van der Waals surface area contributed by atoms with Crippen LogP contribution in [0.2, 0.25) is 0 Å². The van der Waals surface area contributed by atoms with Crippen molar-refractivity contribution in [2.24, 2.45) is 0 Å². The zero-order valence-electron chi connectivity index (χ0n) is 11.9. The average molecular weight is 415 g/mol. The average Bonchev–Trinajstić information content (AvgIpc) is 2.45. The number of aliphatic hydroxyl groups excluding tert-OH is 1. The number of para-hydroxylation sites is 1. The van der Waals surface area contributed by atoms with Gasteiger partial charge in [-0.15, -0.1) is 0 Å². The minimum Gasteiger partial charge on any atom is -0.494 e. The number of halogens is 2. The lowest BCUT2D eigenvalue weighted by Crippen LogP contribution is -2.04. The first-order valence-corrected chi connectivity index (χ1v) is 8.14. The van der Waals surface area contributed by atoms with E-state index >= 15 is 0 Å². The van der Waals surface area contributed by atoms with Gasteiger partial charge in [-0.25, -0.2) is 0 Å². The van der Waals surface area contributed by atoms with Gasteiger partial charge in [-0.2, -0.15) is 0 Å². The molecular formula is C16H17Br2NO2. The van der Waals surface area contributed by atoms with Gasteiger partial charge in [0.2, 0.25) is 0 Å². The van der Waals surface area contributed by atoms with Gasteiger partial charge in [0.05, 0.1) is 22.2 Å². The Bertz CT molecular complexity index is 606. The second kappa shape index (κ2) is 7.29. The molecule has 0 fully saturated rings. The highest BCUT2D eigenvalue weighted by molar-refractivity contribution is 9.11. The number of hydrogen-bond donors (Lipinski definition) is 2. The fourth-order valence-electron chi connectivity index (χ4n) is 2.13. The maximum atomic E-state index is 9.79. The first kappa shape index (κ1) is 16.3. The summed E-state index contributed by atoms with van der Waals surface area (Å²) in [5, 5.41) is 13.1. The number of rotatable bonds is 5. The molecule has 5 heteroatoms. The van der Waals surface area contributed by atoms with Gasteiger partial charge in [0.15, 0.2) is 0 Å². The van der Waals surface area contributed by atoms with Crippen LogP contribution in [-0.4, -0.2) is 12.2 Å². The molecule has 2 aromatic rings. The van der Waals surface area contributed by atoms with Gasteiger partial charge in [0.25, 0.3) is 0 Å². The molecule has 2 aromatic carbocycles. The fourth-order valence-corrected chi connectivity index (χ4v) is 3.73. The largest absolute Gasteiger partial charge is 0.494 e. The minimum absolute atomic E-state index is 0.497. The second-order valence-electron chi connectivity index (χ2n) is 4.71. The summed E-state index contributed by atoms with van der Waals surface area (Å²) in [6, 6.07) is 11.8. The number of benzene rings is 2. The highest BCUT2D eigenvalue weighted by Gasteiger charge is 2.09. The van der Waals surface area contributed by atoms with Crippen LogP contribution in [0.4, 0.5) is 5.69 Å². The summed E-state index contributed by atoms with van der Waals surface area (Å²) in [5.74, 6) is 0.781. The molecule has 0 bridgehead atoms. The molecule has 112 valence electrons. The fraction of sp³-hybridized carbons (Fsp3) is 0.250. The predicted octanol–water partition coefficient (Wildman–Crippen LogP) is 4.89. The molecule has 2 N–H and O–H groups in total. The van der Waals surface area contributed by atoms with Crippen LogP contribution < -0.4 is 10.1 Å². The van der Waals surface area contributed by atoms with Crippen LogP contribution in [0.5, 0.6) is 5.75 Å². The standard InChI is InChI=1S/C16H17Br2NO2/c1-10(20)12-5-3-4-6-15(12)19-9-11-7-13(17)16(21-2)14(18)8-11/h3-8,10,19-20H,9H2,1-2H3. The van der Waals surface area contributed by atoms with E-state index in [-0.39, 0.29) is 0 Å². The van der Waals surface area contributed by atoms with Crippen LogP contribution in [0, 0.1) is 0 Å². The van der Waals surface area contributed by atoms with Gasteiger partial charge < -0.3 is 15.2 Å². The Hall–Kier alpha value is -1.04. The van der Waals surface area contributed by atoms with Gasteiger partial charge in [0, 0.05) is 17.8 Å². The number of ether oxygens (including phenoxy) is 1. The molecule has 0 amide bonds. The lowest BCUT2D eigenvalue weighted by atomic mass is 10.1. The van der Waals surface area contributed by atoms with Gasteiger partial charge >= 0.3 is 0 Å². The van der Waals surface area contributed by atoms with Crippen molar-refractivity contribution in [2.45, 2.75) is 19.6 Å². The van der Waals surface area contributed by atoms with E-state index in [0.29, 0.717) is 6.54 Å². The quantitative estimate of drug-likeness (QED) is 0.732. The highest BCUT2D eigenvalue weighted by Crippen LogP contribution is 2.34. The molecule has 3 nitrogen and oxygen atoms in total. The Labute approximate surface area is 141 Å². The Morgan fingerprint density at radius 1 is 1.19 bits per heavy atom. The zero-order valence-corrected chi connectivity index (χ0v) is 15.0. The highest BCUT2D eigenvalue weighted by atomic mass is 79.9. The van der Waals surface area contributed by atoms with E-state index in [1.807, 2.05) is 36.4 Å². The van der Waals surface area contributed by atoms with Crippen LogP contribution in [0.3, 0.4) is 0 Å². The molecule has 0 aliphatic rings. The van der Waals surface area contributed by atoms with Crippen LogP contribution in [0.15, 0.2) is 45.3 Å². The summed E-state index contributed by atoms with van der Waals surface area (Å²) in [6.07, 6.45) is -0.497. The molecule has 0 saturated carbocycles. The lowest BCUT2D eigenvalue weighted by molar-refractivity contribution is 0.200. The van der Waals surface area contributed by atoms with Gasteiger partial charge in [-0.3, -0.25) is 0 Å². The molecule has 1 unspecified atom stereocenters. The molecule has 21 heavy (non-hydrogen) atoms. The first-order valence-electron chi connectivity index (χ1n) is 6.55. The van der Waals surface area contributed by atoms with Crippen LogP contribution in [0.25, 0.3) is 0 Å². The van der Waals surface area contributed by atoms with Crippen molar-refractivity contribution >= 4 is 37.5 Å². The Morgan fingerprint density at radius 3 is 2.38 bits per heavy atom. The Balaban J connectivity index is 2.17. The summed E-state index contributed by atoms with van der Waals surface area (Å²) in [7, 11) is 1.64. The zero-order chi connectivity index (χ0) is 15.4. The van der Waals surface area contributed by atoms with E-state index in [2.05, 4.69) is 37.2 Å². The van der Waals surface area contributed by atoms with Gasteiger partial charge in [-0.1, -0.05) is 18.2 Å². The first-order chi connectivity index (χ1) is 10.0. The summed E-state index contributed by atoms with van der Waals surface area (Å²) in [6.45, 7) is 2.42. The summed E-state index contributed by atoms with van der Waals surface area (Å²) in [4.78, 5) is 0. The lowest BCUT2D eigenvalue weighted by Gasteiger charge is -2.15. The number of anilines is 1. The third-order valence-electron chi connectivity index (χ3n) is 3.16. The normalized spacial score (nSPS) is 12.0. The molecule has 0 saturated heterocycles. The minimum atomic E-state index is -0.497. The number of hydrogen-bond acceptors (Lipinski definition) is 3. The SMILES string of the molecule is COc1c(Br)cc(CNc2ccccc2C(C)O)cc1Br. The van der Waals surface area contributed by atoms with E-state index in [9.17, 15) is 5.11 Å². The Kier molecular flexibility index (Phi) is 5.67. The van der Waals surface area contributed by atoms with Crippen molar-refractivity contribution in [2.75, 3.05) is 12.4 Å². The molecule has 0 radical (unpaired) electrons. The third kappa shape index (κ3) is 3.99. The molecule has 0 aromatic heterocycles. The van der Waals surface area contributed by atoms with Crippen molar-refractivity contribution in [3.63, 3.8) is 0 Å². The van der Waals surface area contributed by atoms with E-state index in [4.69, 9.17) is 4.74 Å². The third-order valence-corrected chi connectivity index (χ3v) is 4.33. The predicted molar refractivity (Wildman–Crippen MR) is 92.8 cm³/mol. The monoisotopic (exact) mass is 413 g/mol. The van der Waals surface area contributed by atoms with Crippen molar-refractivity contribution in [3.8, 4) is 5.75 Å². The van der Waals surface area contributed by atoms with E-state index in [0.717, 1.165) is 31.5 Å². The second-order valence-corrected chi connectivity index (χ2v) is 6.42. The van der Waals surface area contributed by atoms with Gasteiger partial charge in [-0.05, 0) is 62.5 Å². The van der Waals surface area contributed by atoms with Crippen molar-refractivity contribution in [1.29, 1.82) is 0 Å².